The zero-order valence-corrected chi connectivity index (χ0v) is 23.9. The number of amides is 1. The second-order valence-electron chi connectivity index (χ2n) is 11.1. The topological polar surface area (TPSA) is 94.1 Å². The molecule has 0 saturated heterocycles. The van der Waals surface area contributed by atoms with Crippen LogP contribution < -0.4 is 5.32 Å². The molecule has 1 aliphatic carbocycles. The van der Waals surface area contributed by atoms with Gasteiger partial charge in [0, 0.05) is 11.3 Å². The summed E-state index contributed by atoms with van der Waals surface area (Å²) in [6, 6.07) is 11.6. The summed E-state index contributed by atoms with van der Waals surface area (Å²) in [4.78, 5) is 43.0. The van der Waals surface area contributed by atoms with Gasteiger partial charge in [-0.2, -0.15) is 0 Å². The van der Waals surface area contributed by atoms with E-state index in [9.17, 15) is 14.4 Å². The van der Waals surface area contributed by atoms with E-state index in [0.717, 1.165) is 12.8 Å². The monoisotopic (exact) mass is 532 g/mol. The van der Waals surface area contributed by atoms with Crippen molar-refractivity contribution in [2.45, 2.75) is 77.7 Å². The van der Waals surface area contributed by atoms with Crippen molar-refractivity contribution < 1.29 is 23.9 Å². The summed E-state index contributed by atoms with van der Waals surface area (Å²) in [7, 11) is 0. The predicted molar refractivity (Wildman–Crippen MR) is 155 cm³/mol. The number of hydrogen-bond donors (Lipinski definition) is 1. The number of carbonyl (C=O) groups is 3. The van der Waals surface area contributed by atoms with E-state index in [1.807, 2.05) is 19.1 Å². The highest BCUT2D eigenvalue weighted by atomic mass is 16.5. The number of carbonyl (C=O) groups excluding carboxylic acids is 3. The Bertz CT molecular complexity index is 1260. The van der Waals surface area contributed by atoms with Gasteiger partial charge in [-0.1, -0.05) is 59.4 Å². The Morgan fingerprint density at radius 1 is 0.949 bits per heavy atom. The van der Waals surface area contributed by atoms with Crippen molar-refractivity contribution in [3.8, 4) is 0 Å². The number of benzene rings is 2. The van der Waals surface area contributed by atoms with Gasteiger partial charge in [-0.25, -0.2) is 9.59 Å². The molecule has 1 N–H and O–H groups in total. The number of hydrogen-bond acceptors (Lipinski definition) is 6. The maximum Gasteiger partial charge on any atom is 0.338 e. The molecule has 0 spiro atoms. The van der Waals surface area contributed by atoms with Crippen molar-refractivity contribution in [1.29, 1.82) is 0 Å². The summed E-state index contributed by atoms with van der Waals surface area (Å²) >= 11 is 0. The highest BCUT2D eigenvalue weighted by molar-refractivity contribution is 6.49. The number of nitrogens with one attached hydrogen (secondary N) is 1. The van der Waals surface area contributed by atoms with Crippen molar-refractivity contribution in [2.75, 3.05) is 18.5 Å². The van der Waals surface area contributed by atoms with E-state index in [2.05, 4.69) is 50.6 Å². The molecule has 3 rings (SSSR count). The van der Waals surface area contributed by atoms with Crippen molar-refractivity contribution in [3.63, 3.8) is 0 Å². The second kappa shape index (κ2) is 12.4. The fourth-order valence-electron chi connectivity index (χ4n) is 4.80. The molecule has 0 aliphatic heterocycles. The molecule has 1 amide bonds. The van der Waals surface area contributed by atoms with Crippen molar-refractivity contribution in [2.24, 2.45) is 4.99 Å². The summed E-state index contributed by atoms with van der Waals surface area (Å²) in [6.07, 6.45) is 3.99. The summed E-state index contributed by atoms with van der Waals surface area (Å²) in [6.45, 7) is 16.4. The maximum atomic E-state index is 13.7. The summed E-state index contributed by atoms with van der Waals surface area (Å²) in [5.74, 6) is -1.39. The van der Waals surface area contributed by atoms with Gasteiger partial charge in [-0.05, 0) is 78.5 Å². The van der Waals surface area contributed by atoms with Crippen LogP contribution in [0.3, 0.4) is 0 Å². The molecule has 208 valence electrons. The first-order valence-corrected chi connectivity index (χ1v) is 13.5. The van der Waals surface area contributed by atoms with Gasteiger partial charge in [-0.15, -0.1) is 0 Å². The van der Waals surface area contributed by atoms with Crippen LogP contribution in [0.4, 0.5) is 5.69 Å². The standard InChI is InChI=1S/C32H40N2O5/c1-8-19-39-29(36)21-11-14-23(15-12-21)33-28(35)27(34-26(9-2)30(37)38-10-3)22-13-16-24-25(20-22)32(6,7)18-17-31(24,4)5/h8,11-16,20,26H,1,9-10,17-19H2,2-7H3,(H,33,35)/b34-27+. The van der Waals surface area contributed by atoms with E-state index < -0.39 is 23.9 Å². The largest absolute Gasteiger partial charge is 0.464 e. The molecule has 1 aliphatic rings. The lowest BCUT2D eigenvalue weighted by atomic mass is 9.63. The maximum absolute atomic E-state index is 13.7. The highest BCUT2D eigenvalue weighted by Crippen LogP contribution is 2.46. The van der Waals surface area contributed by atoms with Crippen molar-refractivity contribution in [1.82, 2.24) is 0 Å². The molecule has 1 atom stereocenters. The molecule has 39 heavy (non-hydrogen) atoms. The lowest BCUT2D eigenvalue weighted by Gasteiger charge is -2.42. The van der Waals surface area contributed by atoms with Gasteiger partial charge in [0.1, 0.15) is 18.4 Å². The van der Waals surface area contributed by atoms with Gasteiger partial charge in [0.15, 0.2) is 0 Å². The number of nitrogens with zero attached hydrogens (tertiary/aromatic N) is 1. The van der Waals surface area contributed by atoms with Crippen LogP contribution in [-0.2, 0) is 29.9 Å². The number of rotatable bonds is 10. The Balaban J connectivity index is 2.01. The van der Waals surface area contributed by atoms with Crippen LogP contribution >= 0.6 is 0 Å². The minimum atomic E-state index is -0.812. The lowest BCUT2D eigenvalue weighted by molar-refractivity contribution is -0.144. The number of anilines is 1. The van der Waals surface area contributed by atoms with E-state index in [0.29, 0.717) is 23.2 Å². The normalized spacial score (nSPS) is 16.4. The molecule has 0 bridgehead atoms. The highest BCUT2D eigenvalue weighted by Gasteiger charge is 2.37. The number of aliphatic imine (C=N–C) groups is 1. The average molecular weight is 533 g/mol. The molecule has 0 fully saturated rings. The SMILES string of the molecule is C=CCOC(=O)c1ccc(NC(=O)/C(=N/C(CC)C(=O)OCC)c2ccc3c(c2)C(C)(C)CCC3(C)C)cc1. The molecular formula is C32H40N2O5. The first kappa shape index (κ1) is 29.8. The molecule has 7 heteroatoms. The smallest absolute Gasteiger partial charge is 0.338 e. The molecule has 0 heterocycles. The minimum absolute atomic E-state index is 0.0222. The number of ether oxygens (including phenoxy) is 2. The quantitative estimate of drug-likeness (QED) is 0.225. The fourth-order valence-corrected chi connectivity index (χ4v) is 4.80. The van der Waals surface area contributed by atoms with E-state index in [1.165, 1.54) is 17.2 Å². The third-order valence-corrected chi connectivity index (χ3v) is 7.28. The first-order chi connectivity index (χ1) is 18.4. The number of fused-ring (bicyclic) bond motifs is 1. The second-order valence-corrected chi connectivity index (χ2v) is 11.1. The summed E-state index contributed by atoms with van der Waals surface area (Å²) < 4.78 is 10.3. The third-order valence-electron chi connectivity index (χ3n) is 7.28. The lowest BCUT2D eigenvalue weighted by Crippen LogP contribution is -2.35. The van der Waals surface area contributed by atoms with Crippen LogP contribution in [-0.4, -0.2) is 42.8 Å². The average Bonchev–Trinajstić information content (AvgIpc) is 2.91. The Morgan fingerprint density at radius 3 is 2.15 bits per heavy atom. The van der Waals surface area contributed by atoms with Crippen LogP contribution in [0.25, 0.3) is 0 Å². The van der Waals surface area contributed by atoms with Gasteiger partial charge in [0.05, 0.1) is 12.2 Å². The van der Waals surface area contributed by atoms with E-state index in [-0.39, 0.29) is 29.8 Å². The van der Waals surface area contributed by atoms with Crippen LogP contribution in [0, 0.1) is 0 Å². The zero-order valence-electron chi connectivity index (χ0n) is 23.9. The Morgan fingerprint density at radius 2 is 1.56 bits per heavy atom. The molecule has 1 unspecified atom stereocenters. The molecule has 0 radical (unpaired) electrons. The summed E-state index contributed by atoms with van der Waals surface area (Å²) in [5, 5.41) is 2.88. The van der Waals surface area contributed by atoms with Gasteiger partial charge in [0.2, 0.25) is 0 Å². The molecule has 2 aromatic carbocycles. The first-order valence-electron chi connectivity index (χ1n) is 13.5. The van der Waals surface area contributed by atoms with Crippen LogP contribution in [0.2, 0.25) is 0 Å². The van der Waals surface area contributed by atoms with Crippen molar-refractivity contribution in [3.05, 3.63) is 77.4 Å². The van der Waals surface area contributed by atoms with Gasteiger partial charge < -0.3 is 14.8 Å². The minimum Gasteiger partial charge on any atom is -0.464 e. The third kappa shape index (κ3) is 7.02. The van der Waals surface area contributed by atoms with Crippen LogP contribution in [0.5, 0.6) is 0 Å². The summed E-state index contributed by atoms with van der Waals surface area (Å²) in [5.41, 5.74) is 4.05. The van der Waals surface area contributed by atoms with E-state index in [4.69, 9.17) is 9.47 Å². The van der Waals surface area contributed by atoms with E-state index >= 15 is 0 Å². The van der Waals surface area contributed by atoms with Gasteiger partial charge >= 0.3 is 11.9 Å². The fraction of sp³-hybridized carbons (Fsp3) is 0.438. The van der Waals surface area contributed by atoms with E-state index in [1.54, 1.807) is 31.2 Å². The van der Waals surface area contributed by atoms with Crippen LogP contribution in [0.1, 0.15) is 87.9 Å². The van der Waals surface area contributed by atoms with Crippen molar-refractivity contribution >= 4 is 29.2 Å². The molecule has 0 aromatic heterocycles. The zero-order chi connectivity index (χ0) is 28.8. The Hall–Kier alpha value is -3.74. The molecule has 0 saturated carbocycles. The number of esters is 2. The molecule has 7 nitrogen and oxygen atoms in total. The van der Waals surface area contributed by atoms with Crippen LogP contribution in [0.15, 0.2) is 60.1 Å². The Labute approximate surface area is 231 Å². The molecular weight excluding hydrogens is 492 g/mol. The molecule has 2 aromatic rings. The predicted octanol–water partition coefficient (Wildman–Crippen LogP) is 6.15. The van der Waals surface area contributed by atoms with Gasteiger partial charge in [-0.3, -0.25) is 9.79 Å². The Kier molecular flexibility index (Phi) is 9.49. The van der Waals surface area contributed by atoms with Gasteiger partial charge in [0.25, 0.3) is 5.91 Å².